The van der Waals surface area contributed by atoms with Crippen LogP contribution in [-0.4, -0.2) is 11.7 Å². The van der Waals surface area contributed by atoms with E-state index in [0.29, 0.717) is 16.6 Å². The summed E-state index contributed by atoms with van der Waals surface area (Å²) in [5.74, 6) is -0.369. The monoisotopic (exact) mass is 301 g/mol. The normalized spacial score (nSPS) is 20.5. The fraction of sp³-hybridized carbons (Fsp3) is 0.538. The average molecular weight is 302 g/mol. The highest BCUT2D eigenvalue weighted by Crippen LogP contribution is 2.47. The van der Waals surface area contributed by atoms with Gasteiger partial charge in [-0.3, -0.25) is 0 Å². The first-order chi connectivity index (χ1) is 8.09. The minimum absolute atomic E-state index is 0.339. The minimum atomic E-state index is -0.803. The van der Waals surface area contributed by atoms with Crippen LogP contribution in [0.2, 0.25) is 0 Å². The van der Waals surface area contributed by atoms with Crippen molar-refractivity contribution in [2.24, 2.45) is 11.1 Å². The van der Waals surface area contributed by atoms with E-state index in [-0.39, 0.29) is 11.2 Å². The van der Waals surface area contributed by atoms with Crippen LogP contribution in [0.4, 0.5) is 4.39 Å². The molecule has 0 radical (unpaired) electrons. The molecule has 1 saturated carbocycles. The Morgan fingerprint density at radius 1 is 1.41 bits per heavy atom. The maximum atomic E-state index is 13.8. The first kappa shape index (κ1) is 13.0. The maximum Gasteiger partial charge on any atom is 0.130 e. The molecule has 0 heterocycles. The van der Waals surface area contributed by atoms with E-state index in [1.54, 1.807) is 12.1 Å². The Kier molecular flexibility index (Phi) is 3.85. The molecule has 0 aromatic heterocycles. The minimum Gasteiger partial charge on any atom is -0.388 e. The van der Waals surface area contributed by atoms with Crippen molar-refractivity contribution in [1.82, 2.24) is 0 Å². The second-order valence-electron chi connectivity index (χ2n) is 4.84. The fourth-order valence-electron chi connectivity index (χ4n) is 2.72. The SMILES string of the molecule is NCC1(C(O)c2ccc(Br)cc2F)CCCC1. The summed E-state index contributed by atoms with van der Waals surface area (Å²) in [6.45, 7) is 0.406. The smallest absolute Gasteiger partial charge is 0.130 e. The van der Waals surface area contributed by atoms with E-state index in [0.717, 1.165) is 25.7 Å². The molecule has 0 bridgehead atoms. The number of benzene rings is 1. The summed E-state index contributed by atoms with van der Waals surface area (Å²) < 4.78 is 14.5. The van der Waals surface area contributed by atoms with Crippen LogP contribution in [0.15, 0.2) is 22.7 Å². The van der Waals surface area contributed by atoms with Crippen LogP contribution in [-0.2, 0) is 0 Å². The van der Waals surface area contributed by atoms with Crippen molar-refractivity contribution in [2.75, 3.05) is 6.54 Å². The van der Waals surface area contributed by atoms with E-state index in [1.165, 1.54) is 6.07 Å². The Balaban J connectivity index is 2.32. The van der Waals surface area contributed by atoms with Crippen LogP contribution in [0.3, 0.4) is 0 Å². The molecule has 4 heteroatoms. The lowest BCUT2D eigenvalue weighted by atomic mass is 9.77. The second-order valence-corrected chi connectivity index (χ2v) is 5.76. The number of aliphatic hydroxyl groups excluding tert-OH is 1. The van der Waals surface area contributed by atoms with E-state index >= 15 is 0 Å². The van der Waals surface area contributed by atoms with Crippen LogP contribution < -0.4 is 5.73 Å². The highest BCUT2D eigenvalue weighted by molar-refractivity contribution is 9.10. The molecule has 94 valence electrons. The third-order valence-electron chi connectivity index (χ3n) is 3.84. The zero-order valence-corrected chi connectivity index (χ0v) is 11.2. The molecular weight excluding hydrogens is 285 g/mol. The molecule has 1 aliphatic carbocycles. The molecule has 0 saturated heterocycles. The van der Waals surface area contributed by atoms with Crippen LogP contribution in [0.1, 0.15) is 37.4 Å². The summed E-state index contributed by atoms with van der Waals surface area (Å²) in [5.41, 5.74) is 5.82. The lowest BCUT2D eigenvalue weighted by Crippen LogP contribution is -2.34. The van der Waals surface area contributed by atoms with Crippen molar-refractivity contribution in [2.45, 2.75) is 31.8 Å². The van der Waals surface area contributed by atoms with Gasteiger partial charge in [0.2, 0.25) is 0 Å². The molecule has 2 rings (SSSR count). The molecule has 2 nitrogen and oxygen atoms in total. The predicted octanol–water partition coefficient (Wildman–Crippen LogP) is 3.14. The van der Waals surface area contributed by atoms with Crippen LogP contribution in [0, 0.1) is 11.2 Å². The van der Waals surface area contributed by atoms with Gasteiger partial charge in [-0.1, -0.05) is 34.8 Å². The molecule has 3 N–H and O–H groups in total. The predicted molar refractivity (Wildman–Crippen MR) is 69.0 cm³/mol. The molecule has 17 heavy (non-hydrogen) atoms. The van der Waals surface area contributed by atoms with Gasteiger partial charge in [-0.15, -0.1) is 0 Å². The summed E-state index contributed by atoms with van der Waals surface area (Å²) in [6, 6.07) is 4.78. The Bertz CT molecular complexity index is 404. The molecular formula is C13H17BrFNO. The molecule has 1 atom stereocenters. The van der Waals surface area contributed by atoms with E-state index < -0.39 is 6.10 Å². The van der Waals surface area contributed by atoms with Crippen LogP contribution >= 0.6 is 15.9 Å². The summed E-state index contributed by atoms with van der Waals surface area (Å²) in [7, 11) is 0. The number of hydrogen-bond acceptors (Lipinski definition) is 2. The number of halogens is 2. The van der Waals surface area contributed by atoms with Crippen molar-refractivity contribution in [3.05, 3.63) is 34.1 Å². The highest BCUT2D eigenvalue weighted by Gasteiger charge is 2.41. The summed E-state index contributed by atoms with van der Waals surface area (Å²) >= 11 is 3.21. The fourth-order valence-corrected chi connectivity index (χ4v) is 3.05. The van der Waals surface area contributed by atoms with Gasteiger partial charge in [-0.05, 0) is 25.0 Å². The summed E-state index contributed by atoms with van der Waals surface area (Å²) in [6.07, 6.45) is 3.07. The Labute approximate surface area is 109 Å². The third kappa shape index (κ3) is 2.39. The van der Waals surface area contributed by atoms with Gasteiger partial charge < -0.3 is 10.8 Å². The highest BCUT2D eigenvalue weighted by atomic mass is 79.9. The number of hydrogen-bond donors (Lipinski definition) is 2. The van der Waals surface area contributed by atoms with Gasteiger partial charge >= 0.3 is 0 Å². The summed E-state index contributed by atoms with van der Waals surface area (Å²) in [5, 5.41) is 10.4. The van der Waals surface area contributed by atoms with Gasteiger partial charge in [0.1, 0.15) is 5.82 Å². The van der Waals surface area contributed by atoms with E-state index in [2.05, 4.69) is 15.9 Å². The van der Waals surface area contributed by atoms with E-state index in [1.807, 2.05) is 0 Å². The van der Waals surface area contributed by atoms with E-state index in [9.17, 15) is 9.50 Å². The number of aliphatic hydroxyl groups is 1. The zero-order chi connectivity index (χ0) is 12.5. The van der Waals surface area contributed by atoms with Crippen molar-refractivity contribution < 1.29 is 9.50 Å². The van der Waals surface area contributed by atoms with Crippen molar-refractivity contribution >= 4 is 15.9 Å². The van der Waals surface area contributed by atoms with Gasteiger partial charge in [-0.25, -0.2) is 4.39 Å². The molecule has 1 aromatic rings. The van der Waals surface area contributed by atoms with Crippen LogP contribution in [0.25, 0.3) is 0 Å². The zero-order valence-electron chi connectivity index (χ0n) is 9.63. The average Bonchev–Trinajstić information content (AvgIpc) is 2.78. The molecule has 1 unspecified atom stereocenters. The topological polar surface area (TPSA) is 46.2 Å². The third-order valence-corrected chi connectivity index (χ3v) is 4.34. The molecule has 1 aromatic carbocycles. The second kappa shape index (κ2) is 5.04. The molecule has 0 amide bonds. The maximum absolute atomic E-state index is 13.8. The summed E-state index contributed by atoms with van der Waals surface area (Å²) in [4.78, 5) is 0. The van der Waals surface area contributed by atoms with Gasteiger partial charge in [0.15, 0.2) is 0 Å². The standard InChI is InChI=1S/C13H17BrFNO/c14-9-3-4-10(11(15)7-9)12(17)13(8-16)5-1-2-6-13/h3-4,7,12,17H,1-2,5-6,8,16H2. The number of nitrogens with two attached hydrogens (primary N) is 1. The number of rotatable bonds is 3. The Hall–Kier alpha value is -0.450. The van der Waals surface area contributed by atoms with Gasteiger partial charge in [0.25, 0.3) is 0 Å². The first-order valence-electron chi connectivity index (χ1n) is 5.92. The van der Waals surface area contributed by atoms with Crippen molar-refractivity contribution in [1.29, 1.82) is 0 Å². The van der Waals surface area contributed by atoms with Gasteiger partial charge in [-0.2, -0.15) is 0 Å². The largest absolute Gasteiger partial charge is 0.388 e. The lowest BCUT2D eigenvalue weighted by Gasteiger charge is -2.33. The van der Waals surface area contributed by atoms with Crippen molar-refractivity contribution in [3.63, 3.8) is 0 Å². The molecule has 0 aliphatic heterocycles. The molecule has 1 aliphatic rings. The molecule has 0 spiro atoms. The first-order valence-corrected chi connectivity index (χ1v) is 6.71. The Morgan fingerprint density at radius 3 is 2.59 bits per heavy atom. The van der Waals surface area contributed by atoms with E-state index in [4.69, 9.17) is 5.73 Å². The van der Waals surface area contributed by atoms with Crippen LogP contribution in [0.5, 0.6) is 0 Å². The van der Waals surface area contributed by atoms with Gasteiger partial charge in [0.05, 0.1) is 6.10 Å². The van der Waals surface area contributed by atoms with Gasteiger partial charge in [0, 0.05) is 22.0 Å². The molecule has 1 fully saturated rings. The van der Waals surface area contributed by atoms with Crippen molar-refractivity contribution in [3.8, 4) is 0 Å². The Morgan fingerprint density at radius 2 is 2.06 bits per heavy atom. The lowest BCUT2D eigenvalue weighted by molar-refractivity contribution is 0.0306. The quantitative estimate of drug-likeness (QED) is 0.901.